The van der Waals surface area contributed by atoms with Gasteiger partial charge in [-0.2, -0.15) is 0 Å². The van der Waals surface area contributed by atoms with Gasteiger partial charge in [0.25, 0.3) is 5.69 Å². The summed E-state index contributed by atoms with van der Waals surface area (Å²) in [5, 5.41) is 15.5. The third-order valence-electron chi connectivity index (χ3n) is 4.23. The number of thiophene rings is 1. The number of hydrogen-bond acceptors (Lipinski definition) is 7. The molecule has 10 heteroatoms. The molecular weight excluding hydrogens is 408 g/mol. The van der Waals surface area contributed by atoms with Crippen LogP contribution in [0.25, 0.3) is 10.2 Å². The maximum Gasteiger partial charge on any atom is 0.289 e. The number of nitro groups is 1. The Morgan fingerprint density at radius 2 is 2.22 bits per heavy atom. The molecule has 27 heavy (non-hydrogen) atoms. The fraction of sp³-hybridized carbons (Fsp3) is 0.235. The molecule has 0 spiro atoms. The number of carbonyl (C=O) groups excluding carboxylic acids is 1. The van der Waals surface area contributed by atoms with E-state index >= 15 is 0 Å². The minimum Gasteiger partial charge on any atom is -0.325 e. The predicted molar refractivity (Wildman–Crippen MR) is 107 cm³/mol. The van der Waals surface area contributed by atoms with Crippen LogP contribution in [-0.2, 0) is 17.6 Å². The zero-order valence-electron chi connectivity index (χ0n) is 13.9. The van der Waals surface area contributed by atoms with E-state index in [4.69, 9.17) is 11.6 Å². The summed E-state index contributed by atoms with van der Waals surface area (Å²) in [5.41, 5.74) is 1.40. The van der Waals surface area contributed by atoms with E-state index in [1.54, 1.807) is 11.3 Å². The number of fused-ring (bicyclic) bond motifs is 3. The molecule has 0 saturated heterocycles. The van der Waals surface area contributed by atoms with E-state index in [0.717, 1.165) is 34.5 Å². The average molecular weight is 421 g/mol. The predicted octanol–water partition coefficient (Wildman–Crippen LogP) is 4.47. The second kappa shape index (κ2) is 7.41. The van der Waals surface area contributed by atoms with Crippen molar-refractivity contribution in [3.8, 4) is 0 Å². The molecule has 4 rings (SSSR count). The van der Waals surface area contributed by atoms with Gasteiger partial charge in [-0.15, -0.1) is 11.3 Å². The monoisotopic (exact) mass is 420 g/mol. The Morgan fingerprint density at radius 3 is 3.04 bits per heavy atom. The highest BCUT2D eigenvalue weighted by Gasteiger charge is 2.22. The molecule has 1 aliphatic carbocycles. The second-order valence-corrected chi connectivity index (χ2v) is 8.43. The first-order valence-corrected chi connectivity index (χ1v) is 10.3. The van der Waals surface area contributed by atoms with E-state index < -0.39 is 4.92 Å². The van der Waals surface area contributed by atoms with E-state index in [-0.39, 0.29) is 22.4 Å². The molecular formula is C17H13ClN4O3S2. The minimum absolute atomic E-state index is 0.0297. The quantitative estimate of drug-likeness (QED) is 0.283. The van der Waals surface area contributed by atoms with Crippen molar-refractivity contribution in [3.05, 3.63) is 50.1 Å². The molecule has 1 amide bonds. The van der Waals surface area contributed by atoms with Crippen molar-refractivity contribution in [1.29, 1.82) is 0 Å². The van der Waals surface area contributed by atoms with Crippen LogP contribution < -0.4 is 5.32 Å². The third kappa shape index (κ3) is 3.62. The van der Waals surface area contributed by atoms with Gasteiger partial charge >= 0.3 is 0 Å². The Morgan fingerprint density at radius 1 is 1.37 bits per heavy atom. The molecule has 1 N–H and O–H groups in total. The number of nitro benzene ring substituents is 1. The van der Waals surface area contributed by atoms with Crippen molar-refractivity contribution in [1.82, 2.24) is 9.97 Å². The Hall–Kier alpha value is -2.23. The highest BCUT2D eigenvalue weighted by Crippen LogP contribution is 2.40. The Labute approximate surface area is 167 Å². The minimum atomic E-state index is -0.582. The average Bonchev–Trinajstić information content (AvgIpc) is 3.22. The number of hydrogen-bond donors (Lipinski definition) is 1. The molecule has 2 aromatic heterocycles. The zero-order valence-corrected chi connectivity index (χ0v) is 16.3. The van der Waals surface area contributed by atoms with Gasteiger partial charge in [0, 0.05) is 22.0 Å². The zero-order chi connectivity index (χ0) is 19.0. The number of thioether (sulfide) groups is 1. The normalized spacial score (nSPS) is 12.9. The molecule has 7 nitrogen and oxygen atoms in total. The van der Waals surface area contributed by atoms with E-state index in [2.05, 4.69) is 15.3 Å². The van der Waals surface area contributed by atoms with Gasteiger partial charge in [-0.25, -0.2) is 9.97 Å². The first-order chi connectivity index (χ1) is 13.0. The van der Waals surface area contributed by atoms with Crippen LogP contribution in [0.2, 0.25) is 5.02 Å². The van der Waals surface area contributed by atoms with E-state index in [0.29, 0.717) is 5.69 Å². The molecule has 2 heterocycles. The van der Waals surface area contributed by atoms with Crippen LogP contribution in [0.1, 0.15) is 16.9 Å². The lowest BCUT2D eigenvalue weighted by Gasteiger charge is -2.06. The number of carbonyl (C=O) groups is 1. The summed E-state index contributed by atoms with van der Waals surface area (Å²) in [5.74, 6) is -0.122. The Kier molecular flexibility index (Phi) is 4.98. The second-order valence-electron chi connectivity index (χ2n) is 5.98. The molecule has 1 aromatic carbocycles. The molecule has 0 unspecified atom stereocenters. The fourth-order valence-electron chi connectivity index (χ4n) is 3.07. The number of nitrogens with one attached hydrogen (secondary N) is 1. The number of benzene rings is 1. The number of rotatable bonds is 5. The maximum absolute atomic E-state index is 12.3. The van der Waals surface area contributed by atoms with Crippen LogP contribution >= 0.6 is 34.7 Å². The summed E-state index contributed by atoms with van der Waals surface area (Å²) in [7, 11) is 0. The van der Waals surface area contributed by atoms with Gasteiger partial charge in [-0.3, -0.25) is 14.9 Å². The summed E-state index contributed by atoms with van der Waals surface area (Å²) in [4.78, 5) is 33.7. The van der Waals surface area contributed by atoms with Crippen LogP contribution in [0.4, 0.5) is 11.4 Å². The van der Waals surface area contributed by atoms with Crippen molar-refractivity contribution < 1.29 is 9.72 Å². The molecule has 0 atom stereocenters. The van der Waals surface area contributed by atoms with E-state index in [1.165, 1.54) is 46.7 Å². The third-order valence-corrected chi connectivity index (χ3v) is 6.74. The number of nitrogens with zero attached hydrogens (tertiary/aromatic N) is 3. The van der Waals surface area contributed by atoms with Crippen LogP contribution in [0.15, 0.2) is 29.6 Å². The van der Waals surface area contributed by atoms with Crippen LogP contribution in [-0.4, -0.2) is 26.6 Å². The van der Waals surface area contributed by atoms with Crippen LogP contribution in [0.3, 0.4) is 0 Å². The van der Waals surface area contributed by atoms with E-state index in [1.807, 2.05) is 0 Å². The number of anilines is 1. The topological polar surface area (TPSA) is 98.0 Å². The summed E-state index contributed by atoms with van der Waals surface area (Å²) < 4.78 is 0. The molecule has 0 fully saturated rings. The van der Waals surface area contributed by atoms with Gasteiger partial charge in [-0.05, 0) is 37.0 Å². The lowest BCUT2D eigenvalue weighted by molar-refractivity contribution is -0.384. The van der Waals surface area contributed by atoms with Crippen LogP contribution in [0.5, 0.6) is 0 Å². The van der Waals surface area contributed by atoms with Crippen molar-refractivity contribution in [3.63, 3.8) is 0 Å². The Balaban J connectivity index is 1.48. The SMILES string of the molecule is O=C(CSc1ncnc2sc3c(c12)CCC3)Nc1ccc(Cl)c([N+](=O)[O-])c1. The number of amides is 1. The largest absolute Gasteiger partial charge is 0.325 e. The first-order valence-electron chi connectivity index (χ1n) is 8.15. The highest BCUT2D eigenvalue weighted by atomic mass is 35.5. The fourth-order valence-corrected chi connectivity index (χ4v) is 5.38. The van der Waals surface area contributed by atoms with Gasteiger partial charge < -0.3 is 5.32 Å². The smallest absolute Gasteiger partial charge is 0.289 e. The summed E-state index contributed by atoms with van der Waals surface area (Å²) in [6.07, 6.45) is 4.77. The number of aromatic nitrogens is 2. The first kappa shape index (κ1) is 18.1. The van der Waals surface area contributed by atoms with Crippen molar-refractivity contribution >= 4 is 62.2 Å². The standard InChI is InChI=1S/C17H13ClN4O3S2/c18-11-5-4-9(6-12(11)22(24)25)21-14(23)7-26-16-15-10-2-1-3-13(10)27-17(15)20-8-19-16/h4-6,8H,1-3,7H2,(H,21,23). The van der Waals surface area contributed by atoms with Gasteiger partial charge in [0.2, 0.25) is 5.91 Å². The number of halogens is 1. The van der Waals surface area contributed by atoms with Crippen molar-refractivity contribution in [2.45, 2.75) is 24.3 Å². The van der Waals surface area contributed by atoms with Crippen molar-refractivity contribution in [2.24, 2.45) is 0 Å². The van der Waals surface area contributed by atoms with Gasteiger partial charge in [0.1, 0.15) is 21.2 Å². The maximum atomic E-state index is 12.3. The lowest BCUT2D eigenvalue weighted by Crippen LogP contribution is -2.14. The van der Waals surface area contributed by atoms with E-state index in [9.17, 15) is 14.9 Å². The summed E-state index contributed by atoms with van der Waals surface area (Å²) in [6, 6.07) is 4.18. The lowest BCUT2D eigenvalue weighted by atomic mass is 10.2. The molecule has 0 bridgehead atoms. The molecule has 0 saturated carbocycles. The van der Waals surface area contributed by atoms with Gasteiger partial charge in [-0.1, -0.05) is 23.4 Å². The molecule has 0 radical (unpaired) electrons. The summed E-state index contributed by atoms with van der Waals surface area (Å²) >= 11 is 8.84. The van der Waals surface area contributed by atoms with Crippen LogP contribution in [0, 0.1) is 10.1 Å². The molecule has 3 aromatic rings. The Bertz CT molecular complexity index is 1070. The molecule has 138 valence electrons. The molecule has 0 aliphatic heterocycles. The molecule has 1 aliphatic rings. The number of aryl methyl sites for hydroxylation is 2. The summed E-state index contributed by atoms with van der Waals surface area (Å²) in [6.45, 7) is 0. The van der Waals surface area contributed by atoms with Crippen molar-refractivity contribution in [2.75, 3.05) is 11.1 Å². The highest BCUT2D eigenvalue weighted by molar-refractivity contribution is 8.00. The van der Waals surface area contributed by atoms with Gasteiger partial charge in [0.05, 0.1) is 10.7 Å². The van der Waals surface area contributed by atoms with Gasteiger partial charge in [0.15, 0.2) is 0 Å².